The Bertz CT molecular complexity index is 1440. The standard InChI is InChI=1S/C22H15N3O6/c1-31-13-4-2-3-11(7-13)16-8-15-12(9-23-16)5-6-14-18-17(25(19(14)15)22(29)30)10-24(20(18)26)21(27)28/h2-9H,10H2,1H3,(H,27,28)(H,29,30). The number of carbonyl (C=O) groups excluding carboxylic acids is 1. The number of carboxylic acid groups (broad SMARTS) is 2. The Labute approximate surface area is 174 Å². The van der Waals surface area contributed by atoms with Crippen molar-refractivity contribution in [3.63, 3.8) is 0 Å². The van der Waals surface area contributed by atoms with Gasteiger partial charge in [-0.05, 0) is 18.2 Å². The number of hydrogen-bond acceptors (Lipinski definition) is 5. The molecular formula is C22H15N3O6. The number of imide groups is 1. The van der Waals surface area contributed by atoms with Gasteiger partial charge in [0.05, 0.1) is 36.1 Å². The fourth-order valence-electron chi connectivity index (χ4n) is 4.10. The molecule has 0 saturated carbocycles. The Balaban J connectivity index is 1.82. The first-order valence-corrected chi connectivity index (χ1v) is 9.29. The molecule has 9 nitrogen and oxygen atoms in total. The van der Waals surface area contributed by atoms with Crippen molar-refractivity contribution in [3.05, 3.63) is 59.9 Å². The number of benzene rings is 2. The molecule has 5 rings (SSSR count). The lowest BCUT2D eigenvalue weighted by Crippen LogP contribution is -2.30. The highest BCUT2D eigenvalue weighted by Crippen LogP contribution is 2.38. The second kappa shape index (κ2) is 6.56. The predicted octanol–water partition coefficient (Wildman–Crippen LogP) is 4.03. The number of pyridine rings is 1. The largest absolute Gasteiger partial charge is 0.497 e. The molecule has 2 N–H and O–H groups in total. The number of hydrogen-bond donors (Lipinski definition) is 2. The predicted molar refractivity (Wildman–Crippen MR) is 111 cm³/mol. The number of amides is 2. The van der Waals surface area contributed by atoms with E-state index >= 15 is 0 Å². The highest BCUT2D eigenvalue weighted by Gasteiger charge is 2.39. The summed E-state index contributed by atoms with van der Waals surface area (Å²) in [5, 5.41) is 20.9. The number of nitrogens with zero attached hydrogens (tertiary/aromatic N) is 3. The third-order valence-corrected chi connectivity index (χ3v) is 5.48. The SMILES string of the molecule is COc1cccc(-c2cc3c(ccc4c5c(n(C(=O)O)c43)CN(C(=O)O)C5=O)cn2)c1. The molecule has 3 heterocycles. The summed E-state index contributed by atoms with van der Waals surface area (Å²) in [6.07, 6.45) is -1.07. The number of methoxy groups -OCH3 is 1. The lowest BCUT2D eigenvalue weighted by Gasteiger charge is -2.12. The molecule has 2 aromatic heterocycles. The minimum absolute atomic E-state index is 0.0986. The van der Waals surface area contributed by atoms with E-state index in [0.29, 0.717) is 38.0 Å². The van der Waals surface area contributed by atoms with Crippen LogP contribution in [0.4, 0.5) is 9.59 Å². The summed E-state index contributed by atoms with van der Waals surface area (Å²) in [6.45, 7) is -0.320. The normalized spacial score (nSPS) is 13.1. The number of fused-ring (bicyclic) bond motifs is 5. The van der Waals surface area contributed by atoms with Crippen molar-refractivity contribution in [2.24, 2.45) is 0 Å². The van der Waals surface area contributed by atoms with Crippen LogP contribution in [0.5, 0.6) is 5.75 Å². The van der Waals surface area contributed by atoms with Crippen LogP contribution in [0.1, 0.15) is 16.1 Å². The smallest absolute Gasteiger partial charge is 0.416 e. The number of rotatable bonds is 2. The van der Waals surface area contributed by atoms with Gasteiger partial charge in [0.2, 0.25) is 0 Å². The maximum absolute atomic E-state index is 12.7. The van der Waals surface area contributed by atoms with Crippen LogP contribution in [-0.2, 0) is 6.54 Å². The van der Waals surface area contributed by atoms with E-state index in [9.17, 15) is 24.6 Å². The second-order valence-electron chi connectivity index (χ2n) is 7.10. The fourth-order valence-corrected chi connectivity index (χ4v) is 4.10. The van der Waals surface area contributed by atoms with E-state index in [-0.39, 0.29) is 17.8 Å². The monoisotopic (exact) mass is 417 g/mol. The summed E-state index contributed by atoms with van der Waals surface area (Å²) in [4.78, 5) is 41.3. The van der Waals surface area contributed by atoms with Crippen molar-refractivity contribution < 1.29 is 29.3 Å². The third-order valence-electron chi connectivity index (χ3n) is 5.48. The molecule has 0 aliphatic carbocycles. The lowest BCUT2D eigenvalue weighted by atomic mass is 10.0. The van der Waals surface area contributed by atoms with Crippen molar-refractivity contribution in [3.8, 4) is 17.0 Å². The Hall–Kier alpha value is -4.40. The van der Waals surface area contributed by atoms with Crippen molar-refractivity contribution >= 4 is 39.8 Å². The first-order chi connectivity index (χ1) is 14.9. The highest BCUT2D eigenvalue weighted by molar-refractivity contribution is 6.21. The summed E-state index contributed by atoms with van der Waals surface area (Å²) in [5.74, 6) is -0.0706. The van der Waals surface area contributed by atoms with Crippen LogP contribution < -0.4 is 4.74 Å². The topological polar surface area (TPSA) is 122 Å². The summed E-state index contributed by atoms with van der Waals surface area (Å²) >= 11 is 0. The van der Waals surface area contributed by atoms with E-state index in [0.717, 1.165) is 10.1 Å². The van der Waals surface area contributed by atoms with Crippen LogP contribution in [0.25, 0.3) is 32.9 Å². The molecular weight excluding hydrogens is 402 g/mol. The molecule has 0 atom stereocenters. The molecule has 1 aliphatic heterocycles. The van der Waals surface area contributed by atoms with Crippen LogP contribution in [0, 0.1) is 0 Å². The van der Waals surface area contributed by atoms with Crippen molar-refractivity contribution in [1.29, 1.82) is 0 Å². The van der Waals surface area contributed by atoms with Crippen molar-refractivity contribution in [2.75, 3.05) is 7.11 Å². The average molecular weight is 417 g/mol. The van der Waals surface area contributed by atoms with Gasteiger partial charge in [-0.25, -0.2) is 19.1 Å². The van der Waals surface area contributed by atoms with Crippen LogP contribution in [0.15, 0.2) is 48.7 Å². The van der Waals surface area contributed by atoms with Gasteiger partial charge in [-0.1, -0.05) is 24.3 Å². The maximum atomic E-state index is 12.7. The number of carbonyl (C=O) groups is 3. The molecule has 0 saturated heterocycles. The molecule has 0 spiro atoms. The van der Waals surface area contributed by atoms with E-state index in [1.165, 1.54) is 0 Å². The minimum Gasteiger partial charge on any atom is -0.497 e. The molecule has 2 amide bonds. The van der Waals surface area contributed by atoms with Gasteiger partial charge in [-0.15, -0.1) is 0 Å². The molecule has 0 unspecified atom stereocenters. The van der Waals surface area contributed by atoms with Crippen LogP contribution in [-0.4, -0.2) is 49.9 Å². The van der Waals surface area contributed by atoms with E-state index < -0.39 is 18.1 Å². The lowest BCUT2D eigenvalue weighted by molar-refractivity contribution is 0.0763. The zero-order valence-corrected chi connectivity index (χ0v) is 16.2. The molecule has 1 aliphatic rings. The van der Waals surface area contributed by atoms with Crippen LogP contribution in [0.3, 0.4) is 0 Å². The second-order valence-corrected chi connectivity index (χ2v) is 7.10. The first kappa shape index (κ1) is 18.6. The molecule has 0 bridgehead atoms. The highest BCUT2D eigenvalue weighted by atomic mass is 16.5. The van der Waals surface area contributed by atoms with E-state index in [1.807, 2.05) is 24.3 Å². The van der Waals surface area contributed by atoms with Gasteiger partial charge in [0.25, 0.3) is 5.91 Å². The van der Waals surface area contributed by atoms with E-state index in [1.54, 1.807) is 31.5 Å². The molecule has 9 heteroatoms. The van der Waals surface area contributed by atoms with Gasteiger partial charge in [0.1, 0.15) is 5.75 Å². The van der Waals surface area contributed by atoms with E-state index in [4.69, 9.17) is 4.74 Å². The average Bonchev–Trinajstić information content (AvgIpc) is 3.28. The Kier molecular flexibility index (Phi) is 3.94. The molecule has 4 aromatic rings. The molecule has 154 valence electrons. The van der Waals surface area contributed by atoms with Gasteiger partial charge in [-0.3, -0.25) is 9.78 Å². The maximum Gasteiger partial charge on any atom is 0.416 e. The number of aromatic nitrogens is 2. The Morgan fingerprint density at radius 2 is 1.87 bits per heavy atom. The van der Waals surface area contributed by atoms with E-state index in [2.05, 4.69) is 4.98 Å². The summed E-state index contributed by atoms with van der Waals surface area (Å²) in [6, 6.07) is 12.5. The molecule has 31 heavy (non-hydrogen) atoms. The Morgan fingerprint density at radius 3 is 2.58 bits per heavy atom. The fraction of sp³-hybridized carbons (Fsp3) is 0.0909. The van der Waals surface area contributed by atoms with Gasteiger partial charge in [0.15, 0.2) is 0 Å². The van der Waals surface area contributed by atoms with Crippen molar-refractivity contribution in [2.45, 2.75) is 6.54 Å². The molecule has 2 aromatic carbocycles. The third kappa shape index (κ3) is 2.63. The number of ether oxygens (including phenoxy) is 1. The summed E-state index contributed by atoms with van der Waals surface area (Å²) in [7, 11) is 1.56. The van der Waals surface area contributed by atoms with Crippen LogP contribution >= 0.6 is 0 Å². The summed E-state index contributed by atoms with van der Waals surface area (Å²) < 4.78 is 6.27. The van der Waals surface area contributed by atoms with Gasteiger partial charge < -0.3 is 14.9 Å². The summed E-state index contributed by atoms with van der Waals surface area (Å²) in [5.41, 5.74) is 1.96. The van der Waals surface area contributed by atoms with Gasteiger partial charge in [-0.2, -0.15) is 0 Å². The van der Waals surface area contributed by atoms with Gasteiger partial charge in [0, 0.05) is 27.9 Å². The quantitative estimate of drug-likeness (QED) is 0.505. The van der Waals surface area contributed by atoms with Gasteiger partial charge >= 0.3 is 12.2 Å². The first-order valence-electron chi connectivity index (χ1n) is 9.29. The zero-order valence-electron chi connectivity index (χ0n) is 16.2. The molecule has 0 radical (unpaired) electrons. The van der Waals surface area contributed by atoms with Crippen molar-refractivity contribution in [1.82, 2.24) is 14.5 Å². The zero-order chi connectivity index (χ0) is 21.9. The molecule has 0 fully saturated rings. The minimum atomic E-state index is -1.42. The Morgan fingerprint density at radius 1 is 1.06 bits per heavy atom. The van der Waals surface area contributed by atoms with Crippen LogP contribution in [0.2, 0.25) is 0 Å².